The fraction of sp³-hybridized carbons (Fsp3) is 0. The van der Waals surface area contributed by atoms with Gasteiger partial charge in [-0.1, -0.05) is 29.3 Å². The molecule has 0 atom stereocenters. The predicted molar refractivity (Wildman–Crippen MR) is 90.4 cm³/mol. The van der Waals surface area contributed by atoms with Crippen molar-refractivity contribution in [3.05, 3.63) is 62.7 Å². The molecule has 0 saturated carbocycles. The summed E-state index contributed by atoms with van der Waals surface area (Å²) in [5.41, 5.74) is 1.95. The molecule has 1 amide bonds. The molecule has 0 saturated heterocycles. The van der Waals surface area contributed by atoms with Crippen molar-refractivity contribution in [1.82, 2.24) is 4.98 Å². The molecule has 3 rings (SSSR count). The number of anilines is 1. The minimum Gasteiger partial charge on any atom is -0.361 e. The molecule has 0 aliphatic heterocycles. The van der Waals surface area contributed by atoms with Crippen LogP contribution in [0.15, 0.2) is 47.1 Å². The molecule has 0 aliphatic carbocycles. The van der Waals surface area contributed by atoms with Crippen molar-refractivity contribution >= 4 is 61.6 Å². The third kappa shape index (κ3) is 2.67. The van der Waals surface area contributed by atoms with Gasteiger partial charge in [0, 0.05) is 27.1 Å². The van der Waals surface area contributed by atoms with Gasteiger partial charge in [-0.15, -0.1) is 0 Å². The number of amides is 1. The molecule has 1 aromatic heterocycles. The smallest absolute Gasteiger partial charge is 0.256 e. The lowest BCUT2D eigenvalue weighted by Crippen LogP contribution is -2.12. The number of halogens is 3. The first-order valence-electron chi connectivity index (χ1n) is 6.09. The average Bonchev–Trinajstić information content (AvgIpc) is 2.96. The van der Waals surface area contributed by atoms with E-state index < -0.39 is 0 Å². The van der Waals surface area contributed by atoms with Gasteiger partial charge in [0.25, 0.3) is 5.91 Å². The fourth-order valence-electron chi connectivity index (χ4n) is 2.10. The van der Waals surface area contributed by atoms with Gasteiger partial charge in [-0.3, -0.25) is 4.79 Å². The molecule has 6 heteroatoms. The summed E-state index contributed by atoms with van der Waals surface area (Å²) in [6.07, 6.45) is 1.80. The van der Waals surface area contributed by atoms with Crippen LogP contribution in [0, 0.1) is 0 Å². The van der Waals surface area contributed by atoms with Crippen molar-refractivity contribution in [2.45, 2.75) is 0 Å². The summed E-state index contributed by atoms with van der Waals surface area (Å²) >= 11 is 15.5. The highest BCUT2D eigenvalue weighted by Crippen LogP contribution is 2.36. The predicted octanol–water partition coefficient (Wildman–Crippen LogP) is 5.49. The number of nitrogens with one attached hydrogen (secondary N) is 2. The van der Waals surface area contributed by atoms with Crippen LogP contribution in [0.3, 0.4) is 0 Å². The second-order valence-corrected chi connectivity index (χ2v) is 6.03. The summed E-state index contributed by atoms with van der Waals surface area (Å²) in [6, 6.07) is 10.8. The number of fused-ring (bicyclic) bond motifs is 1. The number of carbonyl (C=O) groups is 1. The Morgan fingerprint density at radius 1 is 1.10 bits per heavy atom. The van der Waals surface area contributed by atoms with Gasteiger partial charge in [0.1, 0.15) is 0 Å². The van der Waals surface area contributed by atoms with E-state index >= 15 is 0 Å². The molecule has 0 radical (unpaired) electrons. The highest BCUT2D eigenvalue weighted by molar-refractivity contribution is 9.10. The first-order valence-corrected chi connectivity index (χ1v) is 7.64. The third-order valence-corrected chi connectivity index (χ3v) is 4.89. The maximum absolute atomic E-state index is 12.4. The summed E-state index contributed by atoms with van der Waals surface area (Å²) in [4.78, 5) is 15.5. The lowest BCUT2D eigenvalue weighted by Gasteiger charge is -2.10. The normalized spacial score (nSPS) is 10.8. The Morgan fingerprint density at radius 3 is 2.71 bits per heavy atom. The molecule has 2 N–H and O–H groups in total. The maximum Gasteiger partial charge on any atom is 0.256 e. The molecule has 21 heavy (non-hydrogen) atoms. The van der Waals surface area contributed by atoms with E-state index in [0.717, 1.165) is 10.9 Å². The molecular weight excluding hydrogens is 375 g/mol. The van der Waals surface area contributed by atoms with Crippen LogP contribution < -0.4 is 5.32 Å². The summed E-state index contributed by atoms with van der Waals surface area (Å²) in [5, 5.41) is 4.32. The van der Waals surface area contributed by atoms with Crippen LogP contribution in [0.2, 0.25) is 10.0 Å². The zero-order chi connectivity index (χ0) is 15.0. The number of hydrogen-bond donors (Lipinski definition) is 2. The van der Waals surface area contributed by atoms with Crippen molar-refractivity contribution in [3.63, 3.8) is 0 Å². The van der Waals surface area contributed by atoms with E-state index in [0.29, 0.717) is 25.8 Å². The van der Waals surface area contributed by atoms with Crippen LogP contribution in [0.1, 0.15) is 10.4 Å². The van der Waals surface area contributed by atoms with E-state index in [-0.39, 0.29) is 5.91 Å². The minimum absolute atomic E-state index is 0.236. The van der Waals surface area contributed by atoms with Crippen LogP contribution >= 0.6 is 39.1 Å². The molecule has 3 aromatic rings. The number of rotatable bonds is 2. The Morgan fingerprint density at radius 2 is 1.90 bits per heavy atom. The lowest BCUT2D eigenvalue weighted by molar-refractivity contribution is 0.102. The van der Waals surface area contributed by atoms with Gasteiger partial charge in [0.2, 0.25) is 0 Å². The molecule has 1 heterocycles. The van der Waals surface area contributed by atoms with Crippen molar-refractivity contribution in [2.75, 3.05) is 5.32 Å². The maximum atomic E-state index is 12.4. The fourth-order valence-corrected chi connectivity index (χ4v) is 2.92. The number of hydrogen-bond acceptors (Lipinski definition) is 1. The lowest BCUT2D eigenvalue weighted by atomic mass is 10.1. The number of benzene rings is 2. The second kappa shape index (κ2) is 5.72. The molecule has 2 aromatic carbocycles. The quantitative estimate of drug-likeness (QED) is 0.564. The van der Waals surface area contributed by atoms with Gasteiger partial charge in [-0.25, -0.2) is 0 Å². The van der Waals surface area contributed by atoms with Gasteiger partial charge in [-0.2, -0.15) is 0 Å². The Kier molecular flexibility index (Phi) is 3.93. The van der Waals surface area contributed by atoms with E-state index in [2.05, 4.69) is 26.2 Å². The first kappa shape index (κ1) is 14.4. The first-order chi connectivity index (χ1) is 10.1. The molecule has 3 nitrogen and oxygen atoms in total. The second-order valence-electron chi connectivity index (χ2n) is 4.42. The zero-order valence-electron chi connectivity index (χ0n) is 10.6. The highest BCUT2D eigenvalue weighted by atomic mass is 79.9. The van der Waals surface area contributed by atoms with E-state index in [4.69, 9.17) is 23.2 Å². The largest absolute Gasteiger partial charge is 0.361 e. The van der Waals surface area contributed by atoms with E-state index in [1.54, 1.807) is 24.4 Å². The van der Waals surface area contributed by atoms with Gasteiger partial charge in [0.05, 0.1) is 15.7 Å². The van der Waals surface area contributed by atoms with Crippen LogP contribution in [-0.4, -0.2) is 10.9 Å². The molecule has 0 aliphatic rings. The Hall–Kier alpha value is -1.49. The number of H-pyrrole nitrogens is 1. The topological polar surface area (TPSA) is 44.9 Å². The molecule has 0 fully saturated rings. The van der Waals surface area contributed by atoms with Gasteiger partial charge in [-0.05, 0) is 46.3 Å². The Bertz CT molecular complexity index is 845. The SMILES string of the molecule is O=C(Nc1ccc(Br)c(Cl)c1Cl)c1cccc2[nH]ccc12. The van der Waals surface area contributed by atoms with Crippen molar-refractivity contribution in [2.24, 2.45) is 0 Å². The summed E-state index contributed by atoms with van der Waals surface area (Å²) in [7, 11) is 0. The van der Waals surface area contributed by atoms with E-state index in [9.17, 15) is 4.79 Å². The van der Waals surface area contributed by atoms with E-state index in [1.165, 1.54) is 0 Å². The van der Waals surface area contributed by atoms with Gasteiger partial charge in [0.15, 0.2) is 0 Å². The van der Waals surface area contributed by atoms with Crippen LogP contribution in [-0.2, 0) is 0 Å². The van der Waals surface area contributed by atoms with Crippen LogP contribution in [0.5, 0.6) is 0 Å². The third-order valence-electron chi connectivity index (χ3n) is 3.12. The van der Waals surface area contributed by atoms with Crippen LogP contribution in [0.25, 0.3) is 10.9 Å². The van der Waals surface area contributed by atoms with Crippen LogP contribution in [0.4, 0.5) is 5.69 Å². The number of carbonyl (C=O) groups excluding carboxylic acids is 1. The summed E-state index contributed by atoms with van der Waals surface area (Å²) in [5.74, 6) is -0.236. The summed E-state index contributed by atoms with van der Waals surface area (Å²) in [6.45, 7) is 0. The zero-order valence-corrected chi connectivity index (χ0v) is 13.7. The Labute approximate surface area is 139 Å². The van der Waals surface area contributed by atoms with Crippen molar-refractivity contribution in [3.8, 4) is 0 Å². The van der Waals surface area contributed by atoms with E-state index in [1.807, 2.05) is 18.2 Å². The van der Waals surface area contributed by atoms with Gasteiger partial charge < -0.3 is 10.3 Å². The molecule has 0 bridgehead atoms. The molecule has 0 spiro atoms. The van der Waals surface area contributed by atoms with Gasteiger partial charge >= 0.3 is 0 Å². The number of aromatic amines is 1. The van der Waals surface area contributed by atoms with Crippen molar-refractivity contribution in [1.29, 1.82) is 0 Å². The monoisotopic (exact) mass is 382 g/mol. The molecular formula is C15H9BrCl2N2O. The molecule has 0 unspecified atom stereocenters. The standard InChI is InChI=1S/C15H9BrCl2N2O/c16-10-4-5-12(14(18)13(10)17)20-15(21)9-2-1-3-11-8(9)6-7-19-11/h1-7,19H,(H,20,21). The average molecular weight is 384 g/mol. The van der Waals surface area contributed by atoms with Crippen molar-refractivity contribution < 1.29 is 4.79 Å². The Balaban J connectivity index is 1.97. The summed E-state index contributed by atoms with van der Waals surface area (Å²) < 4.78 is 0.680. The minimum atomic E-state index is -0.236. The number of aromatic nitrogens is 1. The molecule has 106 valence electrons. The highest BCUT2D eigenvalue weighted by Gasteiger charge is 2.14.